The number of rotatable bonds is 12. The average Bonchev–Trinajstić information content (AvgIpc) is 2.92. The Bertz CT molecular complexity index is 968. The molecule has 0 spiro atoms. The van der Waals surface area contributed by atoms with E-state index in [1.54, 1.807) is 14.2 Å². The van der Waals surface area contributed by atoms with E-state index in [0.717, 1.165) is 16.7 Å². The molecule has 1 fully saturated rings. The van der Waals surface area contributed by atoms with Crippen molar-refractivity contribution in [2.24, 2.45) is 0 Å². The summed E-state index contributed by atoms with van der Waals surface area (Å²) in [6.45, 7) is 1.65. The summed E-state index contributed by atoms with van der Waals surface area (Å²) in [6, 6.07) is 30.1. The fourth-order valence-electron chi connectivity index (χ4n) is 4.25. The van der Waals surface area contributed by atoms with Gasteiger partial charge in [-0.05, 0) is 16.7 Å². The van der Waals surface area contributed by atoms with Crippen LogP contribution in [-0.4, -0.2) is 51.5 Å². The maximum atomic E-state index is 6.40. The first kappa shape index (κ1) is 25.5. The lowest BCUT2D eigenvalue weighted by atomic mass is 9.98. The van der Waals surface area contributed by atoms with Crippen molar-refractivity contribution in [3.8, 4) is 0 Å². The second-order valence-electron chi connectivity index (χ2n) is 8.50. The lowest BCUT2D eigenvalue weighted by molar-refractivity contribution is -0.318. The Hall–Kier alpha value is -2.58. The summed E-state index contributed by atoms with van der Waals surface area (Å²) < 4.78 is 36.7. The van der Waals surface area contributed by atoms with Crippen LogP contribution in [0.4, 0.5) is 0 Å². The van der Waals surface area contributed by atoms with Crippen LogP contribution in [0.5, 0.6) is 0 Å². The van der Waals surface area contributed by atoms with Crippen LogP contribution in [0.15, 0.2) is 91.0 Å². The molecule has 0 saturated carbocycles. The molecule has 1 aliphatic rings. The van der Waals surface area contributed by atoms with E-state index in [-0.39, 0.29) is 0 Å². The molecule has 0 unspecified atom stereocenters. The van der Waals surface area contributed by atoms with Gasteiger partial charge in [0.1, 0.15) is 24.4 Å². The van der Waals surface area contributed by atoms with Crippen molar-refractivity contribution >= 4 is 0 Å². The summed E-state index contributed by atoms with van der Waals surface area (Å²) >= 11 is 0. The van der Waals surface area contributed by atoms with Crippen LogP contribution in [0.2, 0.25) is 0 Å². The first-order chi connectivity index (χ1) is 17.3. The number of hydrogen-bond donors (Lipinski definition) is 0. The topological polar surface area (TPSA) is 55.4 Å². The van der Waals surface area contributed by atoms with Crippen molar-refractivity contribution in [2.45, 2.75) is 50.5 Å². The predicted molar refractivity (Wildman–Crippen MR) is 133 cm³/mol. The maximum Gasteiger partial charge on any atom is 0.186 e. The van der Waals surface area contributed by atoms with Crippen LogP contribution in [0.25, 0.3) is 0 Å². The van der Waals surface area contributed by atoms with E-state index in [9.17, 15) is 0 Å². The second kappa shape index (κ2) is 13.5. The lowest BCUT2D eigenvalue weighted by Crippen LogP contribution is -2.61. The molecule has 0 aromatic heterocycles. The van der Waals surface area contributed by atoms with Crippen LogP contribution in [0, 0.1) is 0 Å². The average molecular weight is 479 g/mol. The second-order valence-corrected chi connectivity index (χ2v) is 8.50. The summed E-state index contributed by atoms with van der Waals surface area (Å²) in [5, 5.41) is 0. The van der Waals surface area contributed by atoms with Gasteiger partial charge in [0.25, 0.3) is 0 Å². The molecule has 0 aliphatic carbocycles. The highest BCUT2D eigenvalue weighted by Crippen LogP contribution is 2.30. The molecular formula is C29H34O6. The van der Waals surface area contributed by atoms with Gasteiger partial charge in [0.2, 0.25) is 0 Å². The molecule has 1 saturated heterocycles. The molecule has 6 nitrogen and oxygen atoms in total. The van der Waals surface area contributed by atoms with Gasteiger partial charge >= 0.3 is 0 Å². The van der Waals surface area contributed by atoms with Crippen molar-refractivity contribution in [2.75, 3.05) is 20.8 Å². The van der Waals surface area contributed by atoms with E-state index in [0.29, 0.717) is 26.4 Å². The smallest absolute Gasteiger partial charge is 0.186 e. The summed E-state index contributed by atoms with van der Waals surface area (Å²) in [6.07, 6.45) is -2.31. The van der Waals surface area contributed by atoms with Gasteiger partial charge in [0.05, 0.1) is 26.4 Å². The van der Waals surface area contributed by atoms with Crippen molar-refractivity contribution < 1.29 is 28.4 Å². The Morgan fingerprint density at radius 3 is 1.54 bits per heavy atom. The molecule has 6 heteroatoms. The van der Waals surface area contributed by atoms with Crippen molar-refractivity contribution in [1.82, 2.24) is 0 Å². The molecule has 3 aromatic carbocycles. The van der Waals surface area contributed by atoms with Gasteiger partial charge in [0.15, 0.2) is 6.29 Å². The summed E-state index contributed by atoms with van der Waals surface area (Å²) in [5.74, 6) is 0. The molecule has 3 aromatic rings. The SMILES string of the molecule is CO[C@@H]1O[C@H](COCc2ccccc2)[C@H](OCc2ccccc2)[C@H](OC)[C@H]1OCc1ccccc1. The van der Waals surface area contributed by atoms with E-state index in [2.05, 4.69) is 0 Å². The zero-order valence-electron chi connectivity index (χ0n) is 20.3. The Morgan fingerprint density at radius 2 is 1.06 bits per heavy atom. The van der Waals surface area contributed by atoms with Gasteiger partial charge in [-0.2, -0.15) is 0 Å². The predicted octanol–water partition coefficient (Wildman–Crippen LogP) is 4.76. The van der Waals surface area contributed by atoms with E-state index >= 15 is 0 Å². The molecule has 0 bridgehead atoms. The van der Waals surface area contributed by atoms with Gasteiger partial charge in [-0.25, -0.2) is 0 Å². The van der Waals surface area contributed by atoms with Crippen molar-refractivity contribution in [1.29, 1.82) is 0 Å². The van der Waals surface area contributed by atoms with Gasteiger partial charge in [-0.15, -0.1) is 0 Å². The molecule has 0 amide bonds. The van der Waals surface area contributed by atoms with E-state index in [1.165, 1.54) is 0 Å². The van der Waals surface area contributed by atoms with Gasteiger partial charge in [-0.1, -0.05) is 91.0 Å². The minimum absolute atomic E-state index is 0.333. The third-order valence-corrected chi connectivity index (χ3v) is 6.06. The number of ether oxygens (including phenoxy) is 6. The summed E-state index contributed by atoms with van der Waals surface area (Å²) in [7, 11) is 3.28. The fourth-order valence-corrected chi connectivity index (χ4v) is 4.25. The first-order valence-electron chi connectivity index (χ1n) is 11.9. The number of hydrogen-bond acceptors (Lipinski definition) is 6. The van der Waals surface area contributed by atoms with E-state index < -0.39 is 30.7 Å². The zero-order valence-corrected chi connectivity index (χ0v) is 20.3. The molecule has 4 rings (SSSR count). The molecule has 35 heavy (non-hydrogen) atoms. The number of methoxy groups -OCH3 is 2. The molecule has 5 atom stereocenters. The van der Waals surface area contributed by atoms with Crippen molar-refractivity contribution in [3.05, 3.63) is 108 Å². The third kappa shape index (κ3) is 7.21. The lowest BCUT2D eigenvalue weighted by Gasteiger charge is -2.45. The van der Waals surface area contributed by atoms with Gasteiger partial charge in [-0.3, -0.25) is 0 Å². The largest absolute Gasteiger partial charge is 0.376 e. The monoisotopic (exact) mass is 478 g/mol. The highest BCUT2D eigenvalue weighted by atomic mass is 16.7. The zero-order chi connectivity index (χ0) is 24.3. The standard InChI is InChI=1S/C29H34O6/c1-30-27-26(33-19-23-14-8-4-9-15-23)25(21-32-18-22-12-6-3-7-13-22)35-29(31-2)28(27)34-20-24-16-10-5-11-17-24/h3-17,25-29H,18-21H2,1-2H3/t25-,26+,27+,28-,29-/m1/s1. The molecule has 186 valence electrons. The van der Waals surface area contributed by atoms with Gasteiger partial charge in [0, 0.05) is 14.2 Å². The minimum Gasteiger partial charge on any atom is -0.376 e. The van der Waals surface area contributed by atoms with Crippen LogP contribution in [-0.2, 0) is 48.2 Å². The first-order valence-corrected chi connectivity index (χ1v) is 11.9. The van der Waals surface area contributed by atoms with Crippen LogP contribution in [0.3, 0.4) is 0 Å². The third-order valence-electron chi connectivity index (χ3n) is 6.06. The Morgan fingerprint density at radius 1 is 0.571 bits per heavy atom. The van der Waals surface area contributed by atoms with Crippen LogP contribution in [0.1, 0.15) is 16.7 Å². The van der Waals surface area contributed by atoms with Crippen molar-refractivity contribution in [3.63, 3.8) is 0 Å². The number of benzene rings is 3. The van der Waals surface area contributed by atoms with E-state index in [1.807, 2.05) is 91.0 Å². The minimum atomic E-state index is -0.620. The summed E-state index contributed by atoms with van der Waals surface area (Å²) in [5.41, 5.74) is 3.23. The molecule has 1 aliphatic heterocycles. The fraction of sp³-hybridized carbons (Fsp3) is 0.379. The van der Waals surface area contributed by atoms with Crippen LogP contribution < -0.4 is 0 Å². The quantitative estimate of drug-likeness (QED) is 0.374. The Labute approximate surface area is 207 Å². The normalized spacial score (nSPS) is 24.3. The molecule has 0 radical (unpaired) electrons. The van der Waals surface area contributed by atoms with Crippen LogP contribution >= 0.6 is 0 Å². The van der Waals surface area contributed by atoms with Gasteiger partial charge < -0.3 is 28.4 Å². The Balaban J connectivity index is 1.48. The molecule has 0 N–H and O–H groups in total. The highest BCUT2D eigenvalue weighted by Gasteiger charge is 2.48. The molecule has 1 heterocycles. The molecular weight excluding hydrogens is 444 g/mol. The van der Waals surface area contributed by atoms with E-state index in [4.69, 9.17) is 28.4 Å². The Kier molecular flexibility index (Phi) is 9.84. The highest BCUT2D eigenvalue weighted by molar-refractivity contribution is 5.15. The summed E-state index contributed by atoms with van der Waals surface area (Å²) in [4.78, 5) is 0. The maximum absolute atomic E-state index is 6.40.